The minimum Gasteiger partial charge on any atom is -0.330 e. The van der Waals surface area contributed by atoms with Crippen molar-refractivity contribution in [2.45, 2.75) is 39.2 Å². The number of hydrogen-bond acceptors (Lipinski definition) is 4. The summed E-state index contributed by atoms with van der Waals surface area (Å²) in [5.74, 6) is -0.677. The Bertz CT molecular complexity index is 583. The maximum absolute atomic E-state index is 12.5. The van der Waals surface area contributed by atoms with E-state index in [0.29, 0.717) is 6.54 Å². The molecule has 2 heterocycles. The van der Waals surface area contributed by atoms with Crippen molar-refractivity contribution in [3.05, 3.63) is 29.6 Å². The molecule has 0 saturated carbocycles. The number of aromatic nitrogens is 1. The molecular weight excluding hydrogens is 282 g/mol. The lowest BCUT2D eigenvalue weighted by atomic mass is 10.1. The molecule has 1 fully saturated rings. The number of hydrogen-bond donors (Lipinski definition) is 0. The molecule has 3 amide bonds. The highest BCUT2D eigenvalue weighted by molar-refractivity contribution is 6.06. The summed E-state index contributed by atoms with van der Waals surface area (Å²) in [5, 5.41) is 0. The van der Waals surface area contributed by atoms with E-state index < -0.39 is 6.04 Å². The van der Waals surface area contributed by atoms with Gasteiger partial charge in [0.1, 0.15) is 6.04 Å². The first-order valence-corrected chi connectivity index (χ1v) is 7.45. The lowest BCUT2D eigenvalue weighted by Crippen LogP contribution is -2.45. The number of likely N-dealkylation sites (N-methyl/N-ethyl adjacent to an activating group) is 1. The Morgan fingerprint density at radius 1 is 1.41 bits per heavy atom. The standard InChI is InChI=1S/C16H21N3O3/c1-4-7-19(13-9-14(20)18(3)16(13)22)15(21)8-12-6-5-11(2)17-10-12/h5-6,10,13H,4,7-9H2,1-3H3. The third-order valence-corrected chi connectivity index (χ3v) is 3.85. The molecule has 6 nitrogen and oxygen atoms in total. The Balaban J connectivity index is 2.13. The molecule has 22 heavy (non-hydrogen) atoms. The van der Waals surface area contributed by atoms with Gasteiger partial charge in [-0.05, 0) is 25.0 Å². The molecule has 0 aromatic carbocycles. The molecule has 1 aromatic rings. The van der Waals surface area contributed by atoms with Gasteiger partial charge in [-0.1, -0.05) is 13.0 Å². The van der Waals surface area contributed by atoms with Gasteiger partial charge in [0.05, 0.1) is 12.8 Å². The van der Waals surface area contributed by atoms with Crippen LogP contribution in [0.15, 0.2) is 18.3 Å². The SMILES string of the molecule is CCCN(C(=O)Cc1ccc(C)nc1)C1CC(=O)N(C)C1=O. The molecule has 1 unspecified atom stereocenters. The van der Waals surface area contributed by atoms with Gasteiger partial charge in [-0.15, -0.1) is 0 Å². The van der Waals surface area contributed by atoms with Gasteiger partial charge in [0.15, 0.2) is 0 Å². The van der Waals surface area contributed by atoms with E-state index in [1.54, 1.807) is 6.20 Å². The molecule has 2 rings (SSSR count). The van der Waals surface area contributed by atoms with Crippen LogP contribution in [0.2, 0.25) is 0 Å². The van der Waals surface area contributed by atoms with Gasteiger partial charge < -0.3 is 4.90 Å². The fourth-order valence-electron chi connectivity index (χ4n) is 2.55. The number of pyridine rings is 1. The third kappa shape index (κ3) is 3.32. The van der Waals surface area contributed by atoms with Crippen molar-refractivity contribution in [3.63, 3.8) is 0 Å². The average molecular weight is 303 g/mol. The van der Waals surface area contributed by atoms with Crippen molar-refractivity contribution >= 4 is 17.7 Å². The Kier molecular flexibility index (Phi) is 4.90. The van der Waals surface area contributed by atoms with Crippen LogP contribution in [0.1, 0.15) is 31.0 Å². The van der Waals surface area contributed by atoms with Crippen molar-refractivity contribution in [2.75, 3.05) is 13.6 Å². The highest BCUT2D eigenvalue weighted by Gasteiger charge is 2.41. The van der Waals surface area contributed by atoms with E-state index in [1.165, 1.54) is 11.9 Å². The second-order valence-electron chi connectivity index (χ2n) is 5.58. The normalized spacial score (nSPS) is 18.0. The van der Waals surface area contributed by atoms with Gasteiger partial charge in [-0.3, -0.25) is 24.3 Å². The molecule has 0 aliphatic carbocycles. The first kappa shape index (κ1) is 16.1. The van der Waals surface area contributed by atoms with Crippen molar-refractivity contribution in [1.29, 1.82) is 0 Å². The summed E-state index contributed by atoms with van der Waals surface area (Å²) >= 11 is 0. The van der Waals surface area contributed by atoms with Crippen LogP contribution in [0.25, 0.3) is 0 Å². The number of rotatable bonds is 5. The predicted octanol–water partition coefficient (Wildman–Crippen LogP) is 0.928. The quantitative estimate of drug-likeness (QED) is 0.759. The van der Waals surface area contributed by atoms with Crippen molar-refractivity contribution in [3.8, 4) is 0 Å². The van der Waals surface area contributed by atoms with Gasteiger partial charge in [0, 0.05) is 25.5 Å². The van der Waals surface area contributed by atoms with Gasteiger partial charge in [0.25, 0.3) is 5.91 Å². The van der Waals surface area contributed by atoms with E-state index in [2.05, 4.69) is 4.98 Å². The fraction of sp³-hybridized carbons (Fsp3) is 0.500. The maximum atomic E-state index is 12.5. The Labute approximate surface area is 130 Å². The second-order valence-corrected chi connectivity index (χ2v) is 5.58. The maximum Gasteiger partial charge on any atom is 0.252 e. The number of amides is 3. The summed E-state index contributed by atoms with van der Waals surface area (Å²) < 4.78 is 0. The summed E-state index contributed by atoms with van der Waals surface area (Å²) in [6.45, 7) is 4.29. The van der Waals surface area contributed by atoms with Crippen LogP contribution in [0.4, 0.5) is 0 Å². The Morgan fingerprint density at radius 2 is 2.14 bits per heavy atom. The molecule has 1 aromatic heterocycles. The molecule has 0 spiro atoms. The van der Waals surface area contributed by atoms with Gasteiger partial charge in [0.2, 0.25) is 11.8 Å². The first-order chi connectivity index (χ1) is 10.4. The highest BCUT2D eigenvalue weighted by atomic mass is 16.2. The topological polar surface area (TPSA) is 70.6 Å². The van der Waals surface area contributed by atoms with Crippen LogP contribution in [-0.2, 0) is 20.8 Å². The summed E-state index contributed by atoms with van der Waals surface area (Å²) in [4.78, 5) is 43.2. The van der Waals surface area contributed by atoms with E-state index in [4.69, 9.17) is 0 Å². The van der Waals surface area contributed by atoms with Crippen LogP contribution in [0, 0.1) is 6.92 Å². The van der Waals surface area contributed by atoms with Crippen molar-refractivity contribution < 1.29 is 14.4 Å². The Hall–Kier alpha value is -2.24. The molecule has 1 aliphatic heterocycles. The van der Waals surface area contributed by atoms with E-state index >= 15 is 0 Å². The minimum atomic E-state index is -0.664. The largest absolute Gasteiger partial charge is 0.330 e. The zero-order valence-corrected chi connectivity index (χ0v) is 13.2. The molecule has 1 saturated heterocycles. The molecule has 1 atom stereocenters. The highest BCUT2D eigenvalue weighted by Crippen LogP contribution is 2.19. The van der Waals surface area contributed by atoms with Crippen LogP contribution < -0.4 is 0 Å². The second kappa shape index (κ2) is 6.68. The number of carbonyl (C=O) groups is 3. The predicted molar refractivity (Wildman–Crippen MR) is 80.9 cm³/mol. The van der Waals surface area contributed by atoms with Crippen LogP contribution in [0.3, 0.4) is 0 Å². The Morgan fingerprint density at radius 3 is 2.64 bits per heavy atom. The fourth-order valence-corrected chi connectivity index (χ4v) is 2.55. The van der Waals surface area contributed by atoms with Gasteiger partial charge in [-0.2, -0.15) is 0 Å². The first-order valence-electron chi connectivity index (χ1n) is 7.45. The third-order valence-electron chi connectivity index (χ3n) is 3.85. The monoisotopic (exact) mass is 303 g/mol. The molecule has 0 N–H and O–H groups in total. The molecule has 6 heteroatoms. The van der Waals surface area contributed by atoms with Gasteiger partial charge in [-0.25, -0.2) is 0 Å². The lowest BCUT2D eigenvalue weighted by Gasteiger charge is -2.27. The number of carbonyl (C=O) groups excluding carboxylic acids is 3. The summed E-state index contributed by atoms with van der Waals surface area (Å²) in [7, 11) is 1.46. The lowest BCUT2D eigenvalue weighted by molar-refractivity contribution is -0.143. The van der Waals surface area contributed by atoms with E-state index in [9.17, 15) is 14.4 Å². The number of aryl methyl sites for hydroxylation is 1. The van der Waals surface area contributed by atoms with E-state index in [-0.39, 0.29) is 30.6 Å². The molecule has 118 valence electrons. The van der Waals surface area contributed by atoms with E-state index in [0.717, 1.165) is 22.6 Å². The smallest absolute Gasteiger partial charge is 0.252 e. The van der Waals surface area contributed by atoms with Crippen LogP contribution in [0.5, 0.6) is 0 Å². The summed E-state index contributed by atoms with van der Waals surface area (Å²) in [6, 6.07) is 3.05. The van der Waals surface area contributed by atoms with Gasteiger partial charge >= 0.3 is 0 Å². The van der Waals surface area contributed by atoms with Crippen molar-refractivity contribution in [1.82, 2.24) is 14.8 Å². The zero-order valence-electron chi connectivity index (χ0n) is 13.2. The summed E-state index contributed by atoms with van der Waals surface area (Å²) in [6.07, 6.45) is 2.67. The number of imide groups is 1. The summed E-state index contributed by atoms with van der Waals surface area (Å²) in [5.41, 5.74) is 1.70. The van der Waals surface area contributed by atoms with Crippen LogP contribution >= 0.6 is 0 Å². The van der Waals surface area contributed by atoms with Crippen LogP contribution in [-0.4, -0.2) is 52.1 Å². The zero-order chi connectivity index (χ0) is 16.3. The minimum absolute atomic E-state index is 0.0766. The molecular formula is C16H21N3O3. The van der Waals surface area contributed by atoms with Crippen molar-refractivity contribution in [2.24, 2.45) is 0 Å². The molecule has 0 bridgehead atoms. The number of likely N-dealkylation sites (tertiary alicyclic amines) is 1. The van der Waals surface area contributed by atoms with E-state index in [1.807, 2.05) is 26.0 Å². The number of nitrogens with zero attached hydrogens (tertiary/aromatic N) is 3. The molecule has 1 aliphatic rings. The average Bonchev–Trinajstić information content (AvgIpc) is 2.74. The molecule has 0 radical (unpaired) electrons.